The van der Waals surface area contributed by atoms with Crippen LogP contribution in [0.3, 0.4) is 0 Å². The first-order valence-corrected chi connectivity index (χ1v) is 9.30. The van der Waals surface area contributed by atoms with E-state index >= 15 is 0 Å². The van der Waals surface area contributed by atoms with Crippen molar-refractivity contribution >= 4 is 22.8 Å². The van der Waals surface area contributed by atoms with Crippen LogP contribution in [-0.2, 0) is 27.3 Å². The molecule has 8 nitrogen and oxygen atoms in total. The van der Waals surface area contributed by atoms with Crippen LogP contribution in [-0.4, -0.2) is 34.7 Å². The molecular weight excluding hydrogens is 374 g/mol. The number of benzene rings is 1. The number of carbonyl (C=O) groups excluding carboxylic acids is 2. The Bertz CT molecular complexity index is 1060. The van der Waals surface area contributed by atoms with Gasteiger partial charge in [-0.1, -0.05) is 18.2 Å². The Morgan fingerprint density at radius 3 is 2.86 bits per heavy atom. The van der Waals surface area contributed by atoms with Crippen molar-refractivity contribution in [3.8, 4) is 6.26 Å². The predicted molar refractivity (Wildman–Crippen MR) is 101 cm³/mol. The summed E-state index contributed by atoms with van der Waals surface area (Å²) >= 11 is 0. The van der Waals surface area contributed by atoms with E-state index in [4.69, 9.17) is 14.5 Å². The highest BCUT2D eigenvalue weighted by atomic mass is 16.7. The molecule has 1 aromatic carbocycles. The summed E-state index contributed by atoms with van der Waals surface area (Å²) in [5.41, 5.74) is 1.71. The second-order valence-corrected chi connectivity index (χ2v) is 7.03. The third kappa shape index (κ3) is 4.15. The molecule has 3 heterocycles. The molecule has 1 fully saturated rings. The first-order valence-electron chi connectivity index (χ1n) is 9.30. The Labute approximate surface area is 166 Å². The van der Waals surface area contributed by atoms with E-state index in [1.807, 2.05) is 30.3 Å². The van der Waals surface area contributed by atoms with Gasteiger partial charge in [-0.2, -0.15) is 4.73 Å². The number of carbonyl (C=O) groups is 2. The van der Waals surface area contributed by atoms with Crippen LogP contribution in [0.15, 0.2) is 53.3 Å². The minimum absolute atomic E-state index is 0.462. The van der Waals surface area contributed by atoms with Crippen LogP contribution in [0.2, 0.25) is 0 Å². The summed E-state index contributed by atoms with van der Waals surface area (Å²) in [7, 11) is 0. The third-order valence-corrected chi connectivity index (χ3v) is 5.08. The molecule has 1 aliphatic rings. The molecule has 4 rings (SSSR count). The molecule has 148 valence electrons. The number of likely N-dealkylation sites (tertiary alicyclic amines) is 1. The van der Waals surface area contributed by atoms with Gasteiger partial charge in [0.25, 0.3) is 6.26 Å². The van der Waals surface area contributed by atoms with Crippen molar-refractivity contribution in [3.63, 3.8) is 0 Å². The number of fused-ring (bicyclic) bond motifs is 1. The van der Waals surface area contributed by atoms with Gasteiger partial charge < -0.3 is 14.0 Å². The minimum atomic E-state index is -1.35. The maximum absolute atomic E-state index is 11.8. The number of aromatic nitrogens is 1. The fraction of sp³-hybridized carbons (Fsp3) is 0.286. The van der Waals surface area contributed by atoms with Crippen molar-refractivity contribution in [1.29, 1.82) is 5.26 Å². The van der Waals surface area contributed by atoms with Crippen molar-refractivity contribution in [1.82, 2.24) is 9.63 Å². The number of hydrogen-bond donors (Lipinski definition) is 0. The van der Waals surface area contributed by atoms with Crippen LogP contribution in [0.25, 0.3) is 10.9 Å². The number of rotatable bonds is 5. The molecule has 1 unspecified atom stereocenters. The number of hydrogen-bond acceptors (Lipinski definition) is 7. The molecule has 0 radical (unpaired) electrons. The standard InChI is InChI=1S/C21H19N3O5/c22-14-28-20(25)21(26)29-24-12-16(18-5-1-2-6-19(18)24)10-15-7-8-23(11-15)13-17-4-3-9-27-17/h1-6,9,12,15H,7-8,10-11,13H2. The van der Waals surface area contributed by atoms with E-state index in [0.29, 0.717) is 11.4 Å². The molecule has 0 N–H and O–H groups in total. The van der Waals surface area contributed by atoms with Gasteiger partial charge in [-0.25, -0.2) is 9.59 Å². The van der Waals surface area contributed by atoms with Gasteiger partial charge in [0.2, 0.25) is 0 Å². The lowest BCUT2D eigenvalue weighted by Gasteiger charge is -2.14. The maximum atomic E-state index is 11.8. The molecule has 1 aliphatic heterocycles. The maximum Gasteiger partial charge on any atom is 0.443 e. The minimum Gasteiger partial charge on any atom is -0.468 e. The zero-order chi connectivity index (χ0) is 20.2. The second-order valence-electron chi connectivity index (χ2n) is 7.03. The zero-order valence-corrected chi connectivity index (χ0v) is 15.6. The van der Waals surface area contributed by atoms with Gasteiger partial charge in [-0.3, -0.25) is 4.90 Å². The lowest BCUT2D eigenvalue weighted by atomic mass is 9.98. The van der Waals surface area contributed by atoms with Crippen molar-refractivity contribution in [2.24, 2.45) is 5.92 Å². The summed E-state index contributed by atoms with van der Waals surface area (Å²) in [5, 5.41) is 9.33. The molecule has 0 bridgehead atoms. The predicted octanol–water partition coefficient (Wildman–Crippen LogP) is 2.28. The topological polar surface area (TPSA) is 97.7 Å². The van der Waals surface area contributed by atoms with E-state index in [9.17, 15) is 9.59 Å². The highest BCUT2D eigenvalue weighted by Gasteiger charge is 2.26. The van der Waals surface area contributed by atoms with Gasteiger partial charge >= 0.3 is 11.9 Å². The monoisotopic (exact) mass is 393 g/mol. The molecule has 29 heavy (non-hydrogen) atoms. The van der Waals surface area contributed by atoms with Crippen molar-refractivity contribution < 1.29 is 23.6 Å². The van der Waals surface area contributed by atoms with Crippen LogP contribution in [0.4, 0.5) is 0 Å². The lowest BCUT2D eigenvalue weighted by Crippen LogP contribution is -2.27. The number of nitrogens with zero attached hydrogens (tertiary/aromatic N) is 3. The number of furan rings is 1. The summed E-state index contributed by atoms with van der Waals surface area (Å²) in [6.45, 7) is 2.75. The molecule has 3 aromatic rings. The first kappa shape index (κ1) is 18.8. The van der Waals surface area contributed by atoms with Crippen molar-refractivity contribution in [2.45, 2.75) is 19.4 Å². The highest BCUT2D eigenvalue weighted by molar-refractivity contribution is 6.30. The summed E-state index contributed by atoms with van der Waals surface area (Å²) < 4.78 is 10.7. The van der Waals surface area contributed by atoms with Crippen LogP contribution < -0.4 is 4.84 Å². The smallest absolute Gasteiger partial charge is 0.443 e. The van der Waals surface area contributed by atoms with E-state index in [2.05, 4.69) is 9.64 Å². The molecule has 0 spiro atoms. The molecular formula is C21H19N3O5. The summed E-state index contributed by atoms with van der Waals surface area (Å²) in [6.07, 6.45) is 6.46. The van der Waals surface area contributed by atoms with Gasteiger partial charge in [0.1, 0.15) is 5.76 Å². The SMILES string of the molecule is N#COC(=O)C(=O)On1cc(CC2CCN(Cc3ccco3)C2)c2ccccc21. The summed E-state index contributed by atoms with van der Waals surface area (Å²) in [4.78, 5) is 30.7. The molecule has 0 aliphatic carbocycles. The Morgan fingerprint density at radius 1 is 1.21 bits per heavy atom. The van der Waals surface area contributed by atoms with Gasteiger partial charge in [-0.15, -0.1) is 5.26 Å². The Kier molecular flexibility index (Phi) is 5.31. The van der Waals surface area contributed by atoms with Crippen molar-refractivity contribution in [2.75, 3.05) is 13.1 Å². The van der Waals surface area contributed by atoms with Crippen LogP contribution in [0.5, 0.6) is 0 Å². The second kappa shape index (κ2) is 8.20. The quantitative estimate of drug-likeness (QED) is 0.373. The number of ether oxygens (including phenoxy) is 1. The van der Waals surface area contributed by atoms with E-state index < -0.39 is 11.9 Å². The largest absolute Gasteiger partial charge is 0.468 e. The fourth-order valence-electron chi connectivity index (χ4n) is 3.82. The fourth-order valence-corrected chi connectivity index (χ4v) is 3.82. The summed E-state index contributed by atoms with van der Waals surface area (Å²) in [5.74, 6) is -1.18. The zero-order valence-electron chi connectivity index (χ0n) is 15.6. The molecule has 1 atom stereocenters. The molecule has 0 saturated carbocycles. The van der Waals surface area contributed by atoms with Gasteiger partial charge in [0, 0.05) is 18.1 Å². The summed E-state index contributed by atoms with van der Waals surface area (Å²) in [6, 6.07) is 11.4. The molecule has 0 amide bonds. The average Bonchev–Trinajstić information content (AvgIpc) is 3.45. The highest BCUT2D eigenvalue weighted by Crippen LogP contribution is 2.27. The van der Waals surface area contributed by atoms with Crippen LogP contribution in [0, 0.1) is 17.4 Å². The molecule has 1 saturated heterocycles. The van der Waals surface area contributed by atoms with Gasteiger partial charge in [0.05, 0.1) is 18.3 Å². The number of nitriles is 1. The van der Waals surface area contributed by atoms with Crippen molar-refractivity contribution in [3.05, 3.63) is 60.2 Å². The number of para-hydroxylation sites is 1. The van der Waals surface area contributed by atoms with Crippen LogP contribution in [0.1, 0.15) is 17.7 Å². The number of esters is 1. The van der Waals surface area contributed by atoms with Crippen LogP contribution >= 0.6 is 0 Å². The van der Waals surface area contributed by atoms with E-state index in [1.54, 1.807) is 18.5 Å². The Balaban J connectivity index is 1.47. The molecule has 8 heteroatoms. The Hall–Kier alpha value is -3.57. The van der Waals surface area contributed by atoms with Gasteiger partial charge in [0.15, 0.2) is 0 Å². The van der Waals surface area contributed by atoms with E-state index in [1.165, 1.54) is 11.0 Å². The van der Waals surface area contributed by atoms with E-state index in [-0.39, 0.29) is 0 Å². The Morgan fingerprint density at radius 2 is 2.07 bits per heavy atom. The lowest BCUT2D eigenvalue weighted by molar-refractivity contribution is -0.163. The van der Waals surface area contributed by atoms with E-state index in [0.717, 1.165) is 49.2 Å². The van der Waals surface area contributed by atoms with Gasteiger partial charge in [-0.05, 0) is 49.1 Å². The first-order chi connectivity index (χ1) is 14.1. The normalized spacial score (nSPS) is 16.6. The third-order valence-electron chi connectivity index (χ3n) is 5.08. The molecule has 2 aromatic heterocycles. The average molecular weight is 393 g/mol.